The Bertz CT molecular complexity index is 366. The van der Waals surface area contributed by atoms with Crippen LogP contribution in [-0.2, 0) is 6.42 Å². The van der Waals surface area contributed by atoms with Crippen molar-refractivity contribution in [2.24, 2.45) is 11.1 Å². The van der Waals surface area contributed by atoms with Crippen molar-refractivity contribution in [3.63, 3.8) is 0 Å². The van der Waals surface area contributed by atoms with Crippen molar-refractivity contribution in [2.75, 3.05) is 0 Å². The van der Waals surface area contributed by atoms with Crippen LogP contribution in [0.4, 0.5) is 0 Å². The van der Waals surface area contributed by atoms with Crippen LogP contribution in [0.1, 0.15) is 49.4 Å². The lowest BCUT2D eigenvalue weighted by molar-refractivity contribution is 0.294. The first-order chi connectivity index (χ1) is 6.98. The van der Waals surface area contributed by atoms with E-state index in [1.165, 1.54) is 29.5 Å². The Labute approximate surface area is 92.7 Å². The molecule has 0 fully saturated rings. The van der Waals surface area contributed by atoms with E-state index in [1.807, 2.05) is 0 Å². The first kappa shape index (κ1) is 10.7. The summed E-state index contributed by atoms with van der Waals surface area (Å²) in [5.41, 5.74) is 10.8. The van der Waals surface area contributed by atoms with Crippen LogP contribution in [0, 0.1) is 12.3 Å². The predicted molar refractivity (Wildman–Crippen MR) is 64.8 cm³/mol. The van der Waals surface area contributed by atoms with Crippen molar-refractivity contribution in [2.45, 2.75) is 46.1 Å². The van der Waals surface area contributed by atoms with Gasteiger partial charge < -0.3 is 5.73 Å². The fourth-order valence-electron chi connectivity index (χ4n) is 2.57. The average molecular weight is 203 g/mol. The number of benzene rings is 1. The summed E-state index contributed by atoms with van der Waals surface area (Å²) >= 11 is 0. The molecule has 1 unspecified atom stereocenters. The summed E-state index contributed by atoms with van der Waals surface area (Å²) < 4.78 is 0. The maximum atomic E-state index is 6.29. The van der Waals surface area contributed by atoms with Crippen LogP contribution < -0.4 is 5.73 Å². The van der Waals surface area contributed by atoms with E-state index in [4.69, 9.17) is 5.73 Å². The molecule has 1 aromatic rings. The zero-order valence-electron chi connectivity index (χ0n) is 10.0. The van der Waals surface area contributed by atoms with Gasteiger partial charge in [0.2, 0.25) is 0 Å². The molecule has 0 amide bonds. The second-order valence-electron chi connectivity index (χ2n) is 5.68. The number of nitrogens with two attached hydrogens (primary N) is 1. The van der Waals surface area contributed by atoms with Crippen molar-refractivity contribution < 1.29 is 0 Å². The first-order valence-corrected chi connectivity index (χ1v) is 5.83. The van der Waals surface area contributed by atoms with Crippen LogP contribution in [0.15, 0.2) is 18.2 Å². The minimum absolute atomic E-state index is 0.220. The molecule has 0 aliphatic heterocycles. The summed E-state index contributed by atoms with van der Waals surface area (Å²) in [6, 6.07) is 6.94. The van der Waals surface area contributed by atoms with E-state index < -0.39 is 0 Å². The van der Waals surface area contributed by atoms with Crippen molar-refractivity contribution in [1.82, 2.24) is 0 Å². The van der Waals surface area contributed by atoms with Gasteiger partial charge in [-0.05, 0) is 42.7 Å². The number of fused-ring (bicyclic) bond motifs is 1. The summed E-state index contributed by atoms with van der Waals surface area (Å²) in [5, 5.41) is 0. The molecule has 2 N–H and O–H groups in total. The third kappa shape index (κ3) is 2.23. The van der Waals surface area contributed by atoms with E-state index in [0.717, 1.165) is 6.42 Å². The Hall–Kier alpha value is -0.820. The molecular weight excluding hydrogens is 182 g/mol. The van der Waals surface area contributed by atoms with Gasteiger partial charge in [0, 0.05) is 6.04 Å². The molecule has 0 radical (unpaired) electrons. The van der Waals surface area contributed by atoms with Crippen LogP contribution in [0.5, 0.6) is 0 Å². The fraction of sp³-hybridized carbons (Fsp3) is 0.571. The smallest absolute Gasteiger partial charge is 0.0302 e. The Balaban J connectivity index is 2.40. The third-order valence-electron chi connectivity index (χ3n) is 3.54. The summed E-state index contributed by atoms with van der Waals surface area (Å²) in [6.45, 7) is 6.79. The molecule has 0 spiro atoms. The lowest BCUT2D eigenvalue weighted by Gasteiger charge is -2.24. The normalized spacial score (nSPS) is 24.4. The minimum Gasteiger partial charge on any atom is -0.324 e. The molecule has 1 aliphatic rings. The standard InChI is InChI=1S/C14H21N/c1-10-4-5-11-6-7-14(2,3)9-13(15)12(11)8-10/h4-5,8,13H,6-7,9,15H2,1-3H3. The Kier molecular flexibility index (Phi) is 2.59. The maximum absolute atomic E-state index is 6.29. The molecule has 0 heterocycles. The Morgan fingerprint density at radius 1 is 1.33 bits per heavy atom. The van der Waals surface area contributed by atoms with Crippen LogP contribution >= 0.6 is 0 Å². The second-order valence-corrected chi connectivity index (χ2v) is 5.68. The Morgan fingerprint density at radius 3 is 2.80 bits per heavy atom. The molecule has 0 saturated heterocycles. The number of aryl methyl sites for hydroxylation is 2. The minimum atomic E-state index is 0.220. The van der Waals surface area contributed by atoms with E-state index in [0.29, 0.717) is 5.41 Å². The molecule has 1 aliphatic carbocycles. The molecule has 1 atom stereocenters. The van der Waals surface area contributed by atoms with Gasteiger partial charge in [0.15, 0.2) is 0 Å². The SMILES string of the molecule is Cc1ccc2c(c1)C(N)CC(C)(C)CC2. The van der Waals surface area contributed by atoms with Gasteiger partial charge >= 0.3 is 0 Å². The summed E-state index contributed by atoms with van der Waals surface area (Å²) in [4.78, 5) is 0. The molecule has 0 bridgehead atoms. The largest absolute Gasteiger partial charge is 0.324 e. The molecular formula is C14H21N. The van der Waals surface area contributed by atoms with E-state index >= 15 is 0 Å². The zero-order chi connectivity index (χ0) is 11.1. The Morgan fingerprint density at radius 2 is 2.07 bits per heavy atom. The maximum Gasteiger partial charge on any atom is 0.0302 e. The van der Waals surface area contributed by atoms with Crippen molar-refractivity contribution in [3.05, 3.63) is 34.9 Å². The van der Waals surface area contributed by atoms with Crippen molar-refractivity contribution in [3.8, 4) is 0 Å². The van der Waals surface area contributed by atoms with E-state index in [-0.39, 0.29) is 6.04 Å². The van der Waals surface area contributed by atoms with Gasteiger partial charge in [-0.15, -0.1) is 0 Å². The molecule has 1 nitrogen and oxygen atoms in total. The molecule has 1 aromatic carbocycles. The van der Waals surface area contributed by atoms with Crippen LogP contribution in [0.2, 0.25) is 0 Å². The highest BCUT2D eigenvalue weighted by molar-refractivity contribution is 5.35. The van der Waals surface area contributed by atoms with Gasteiger partial charge in [-0.1, -0.05) is 37.6 Å². The van der Waals surface area contributed by atoms with Gasteiger partial charge in [0.25, 0.3) is 0 Å². The van der Waals surface area contributed by atoms with Crippen molar-refractivity contribution >= 4 is 0 Å². The highest BCUT2D eigenvalue weighted by atomic mass is 14.6. The van der Waals surface area contributed by atoms with Gasteiger partial charge in [-0.2, -0.15) is 0 Å². The lowest BCUT2D eigenvalue weighted by Crippen LogP contribution is -2.19. The number of hydrogen-bond donors (Lipinski definition) is 1. The summed E-state index contributed by atoms with van der Waals surface area (Å²) in [5.74, 6) is 0. The van der Waals surface area contributed by atoms with Crippen LogP contribution in [-0.4, -0.2) is 0 Å². The molecule has 0 saturated carbocycles. The summed E-state index contributed by atoms with van der Waals surface area (Å²) in [6.07, 6.45) is 3.52. The third-order valence-corrected chi connectivity index (χ3v) is 3.54. The number of rotatable bonds is 0. The molecule has 0 aromatic heterocycles. The van der Waals surface area contributed by atoms with Gasteiger partial charge in [-0.25, -0.2) is 0 Å². The van der Waals surface area contributed by atoms with Crippen molar-refractivity contribution in [1.29, 1.82) is 0 Å². The first-order valence-electron chi connectivity index (χ1n) is 5.83. The van der Waals surface area contributed by atoms with Gasteiger partial charge in [-0.3, -0.25) is 0 Å². The highest BCUT2D eigenvalue weighted by Crippen LogP contribution is 2.38. The van der Waals surface area contributed by atoms with Gasteiger partial charge in [0.1, 0.15) is 0 Å². The molecule has 1 heteroatoms. The van der Waals surface area contributed by atoms with E-state index in [1.54, 1.807) is 0 Å². The van der Waals surface area contributed by atoms with E-state index in [2.05, 4.69) is 39.0 Å². The topological polar surface area (TPSA) is 26.0 Å². The highest BCUT2D eigenvalue weighted by Gasteiger charge is 2.27. The second kappa shape index (κ2) is 3.64. The number of hydrogen-bond acceptors (Lipinski definition) is 1. The van der Waals surface area contributed by atoms with E-state index in [9.17, 15) is 0 Å². The van der Waals surface area contributed by atoms with Gasteiger partial charge in [0.05, 0.1) is 0 Å². The zero-order valence-corrected chi connectivity index (χ0v) is 10.0. The summed E-state index contributed by atoms with van der Waals surface area (Å²) in [7, 11) is 0. The molecule has 82 valence electrons. The quantitative estimate of drug-likeness (QED) is 0.643. The molecule has 15 heavy (non-hydrogen) atoms. The predicted octanol–water partition coefficient (Wildman–Crippen LogP) is 3.36. The van der Waals surface area contributed by atoms with Crippen LogP contribution in [0.25, 0.3) is 0 Å². The molecule has 2 rings (SSSR count). The lowest BCUT2D eigenvalue weighted by atomic mass is 9.83. The fourth-order valence-corrected chi connectivity index (χ4v) is 2.57. The monoisotopic (exact) mass is 203 g/mol. The van der Waals surface area contributed by atoms with Crippen LogP contribution in [0.3, 0.4) is 0 Å². The average Bonchev–Trinajstić information content (AvgIpc) is 2.24.